The Morgan fingerprint density at radius 1 is 0.854 bits per heavy atom. The van der Waals surface area contributed by atoms with E-state index >= 15 is 9.59 Å². The van der Waals surface area contributed by atoms with E-state index in [1.54, 1.807) is 26.5 Å². The Bertz CT molecular complexity index is 1810. The summed E-state index contributed by atoms with van der Waals surface area (Å²) in [5, 5.41) is 12.9. The highest BCUT2D eigenvalue weighted by Crippen LogP contribution is 2.66. The van der Waals surface area contributed by atoms with Gasteiger partial charge in [0.25, 0.3) is 5.91 Å². The number of likely N-dealkylation sites (tertiary alicyclic amines) is 1. The molecule has 7 rings (SSSR count). The minimum Gasteiger partial charge on any atom is -0.494 e. The molecule has 2 saturated heterocycles. The maximum absolute atomic E-state index is 15.1. The number of amides is 3. The predicted octanol–water partition coefficient (Wildman–Crippen LogP) is 5.84. The number of ether oxygens (including phenoxy) is 1. The largest absolute Gasteiger partial charge is 0.494 e. The van der Waals surface area contributed by atoms with Gasteiger partial charge in [-0.05, 0) is 66.9 Å². The molecule has 4 aliphatic rings. The van der Waals surface area contributed by atoms with Crippen molar-refractivity contribution in [1.29, 1.82) is 0 Å². The Hall–Kier alpha value is -4.08. The normalized spacial score (nSPS) is 29.4. The Morgan fingerprint density at radius 2 is 1.52 bits per heavy atom. The fraction of sp³-hybridized carbons (Fsp3) is 0.410. The molecule has 0 radical (unpaired) electrons. The average molecular weight is 666 g/mol. The van der Waals surface area contributed by atoms with Crippen LogP contribution in [0.4, 0.5) is 11.4 Å². The lowest BCUT2D eigenvalue weighted by molar-refractivity contribution is -0.143. The van der Waals surface area contributed by atoms with Crippen molar-refractivity contribution in [2.24, 2.45) is 17.8 Å². The second-order valence-corrected chi connectivity index (χ2v) is 15.3. The summed E-state index contributed by atoms with van der Waals surface area (Å²) in [5.41, 5.74) is 1.48. The van der Waals surface area contributed by atoms with Crippen molar-refractivity contribution < 1.29 is 24.2 Å². The van der Waals surface area contributed by atoms with Crippen molar-refractivity contribution in [2.75, 3.05) is 36.1 Å². The number of fused-ring (bicyclic) bond motifs is 3. The van der Waals surface area contributed by atoms with Gasteiger partial charge in [-0.3, -0.25) is 14.4 Å². The van der Waals surface area contributed by atoms with E-state index in [2.05, 4.69) is 6.08 Å². The molecular formula is C39H43N3O5S. The Morgan fingerprint density at radius 3 is 2.21 bits per heavy atom. The van der Waals surface area contributed by atoms with E-state index < -0.39 is 33.4 Å². The van der Waals surface area contributed by atoms with Crippen LogP contribution in [0.5, 0.6) is 5.75 Å². The number of nitrogens with zero attached hydrogens (tertiary/aromatic N) is 3. The fourth-order valence-electron chi connectivity index (χ4n) is 8.33. The number of hydrogen-bond donors (Lipinski definition) is 1. The Labute approximate surface area is 286 Å². The molecule has 1 N–H and O–H groups in total. The van der Waals surface area contributed by atoms with Crippen LogP contribution in [0.2, 0.25) is 0 Å². The highest BCUT2D eigenvalue weighted by atomic mass is 32.2. The summed E-state index contributed by atoms with van der Waals surface area (Å²) in [6.45, 7) is 8.98. The zero-order valence-electron chi connectivity index (χ0n) is 27.9. The van der Waals surface area contributed by atoms with E-state index in [1.165, 1.54) is 0 Å². The molecule has 8 nitrogen and oxygen atoms in total. The monoisotopic (exact) mass is 665 g/mol. The van der Waals surface area contributed by atoms with Gasteiger partial charge in [0.15, 0.2) is 0 Å². The number of aliphatic hydroxyl groups excluding tert-OH is 1. The number of carbonyl (C=O) groups is 3. The molecule has 0 saturated carbocycles. The summed E-state index contributed by atoms with van der Waals surface area (Å²) in [6.07, 6.45) is 8.83. The quantitative estimate of drug-likeness (QED) is 0.304. The number of benzene rings is 3. The molecule has 1 spiro atoms. The van der Waals surface area contributed by atoms with Gasteiger partial charge in [0.2, 0.25) is 11.8 Å². The summed E-state index contributed by atoms with van der Waals surface area (Å²) < 4.78 is 3.88. The van der Waals surface area contributed by atoms with Gasteiger partial charge in [-0.15, -0.1) is 11.8 Å². The number of anilines is 2. The molecular weight excluding hydrogens is 623 g/mol. The first-order chi connectivity index (χ1) is 23.2. The third-order valence-corrected chi connectivity index (χ3v) is 12.6. The van der Waals surface area contributed by atoms with Crippen LogP contribution in [-0.2, 0) is 14.4 Å². The van der Waals surface area contributed by atoms with Gasteiger partial charge in [-0.25, -0.2) is 0 Å². The van der Waals surface area contributed by atoms with Crippen LogP contribution in [0.15, 0.2) is 91.0 Å². The van der Waals surface area contributed by atoms with Crippen LogP contribution in [0, 0.1) is 17.8 Å². The van der Waals surface area contributed by atoms with Gasteiger partial charge in [0.05, 0.1) is 35.8 Å². The summed E-state index contributed by atoms with van der Waals surface area (Å²) in [7, 11) is 0. The lowest BCUT2D eigenvalue weighted by Gasteiger charge is -2.41. The zero-order valence-corrected chi connectivity index (χ0v) is 28.7. The van der Waals surface area contributed by atoms with E-state index in [1.807, 2.05) is 113 Å². The highest BCUT2D eigenvalue weighted by Gasteiger charge is 2.74. The molecule has 3 aromatic rings. The Balaban J connectivity index is 1.34. The van der Waals surface area contributed by atoms with E-state index in [0.717, 1.165) is 34.3 Å². The minimum atomic E-state index is -1.01. The van der Waals surface area contributed by atoms with Gasteiger partial charge in [-0.2, -0.15) is 0 Å². The van der Waals surface area contributed by atoms with Gasteiger partial charge < -0.3 is 24.5 Å². The number of aliphatic hydroxyl groups is 1. The molecule has 0 aliphatic carbocycles. The second kappa shape index (κ2) is 12.4. The molecule has 9 heteroatoms. The smallest absolute Gasteiger partial charge is 0.251 e. The molecule has 3 aromatic carbocycles. The van der Waals surface area contributed by atoms with Gasteiger partial charge in [-0.1, -0.05) is 74.9 Å². The Kier molecular flexibility index (Phi) is 8.40. The molecule has 4 aliphatic heterocycles. The topological polar surface area (TPSA) is 90.4 Å². The average Bonchev–Trinajstić information content (AvgIpc) is 3.36. The van der Waals surface area contributed by atoms with Crippen LogP contribution in [0.1, 0.15) is 34.1 Å². The molecule has 48 heavy (non-hydrogen) atoms. The zero-order chi connectivity index (χ0) is 33.8. The van der Waals surface area contributed by atoms with Gasteiger partial charge in [0, 0.05) is 29.2 Å². The van der Waals surface area contributed by atoms with Crippen molar-refractivity contribution in [3.63, 3.8) is 0 Å². The van der Waals surface area contributed by atoms with Crippen LogP contribution < -0.4 is 14.5 Å². The van der Waals surface area contributed by atoms with Crippen LogP contribution in [0.25, 0.3) is 10.8 Å². The van der Waals surface area contributed by atoms with E-state index in [9.17, 15) is 9.90 Å². The maximum atomic E-state index is 15.1. The number of thioether (sulfide) groups is 1. The molecule has 250 valence electrons. The molecule has 2 fully saturated rings. The lowest BCUT2D eigenvalue weighted by Crippen LogP contribution is -2.58. The number of rotatable bonds is 8. The predicted molar refractivity (Wildman–Crippen MR) is 191 cm³/mol. The number of hydrogen-bond acceptors (Lipinski definition) is 6. The molecule has 0 bridgehead atoms. The summed E-state index contributed by atoms with van der Waals surface area (Å²) in [4.78, 5) is 50.1. The highest BCUT2D eigenvalue weighted by molar-refractivity contribution is 8.02. The van der Waals surface area contributed by atoms with Gasteiger partial charge >= 0.3 is 0 Å². The minimum absolute atomic E-state index is 0.0644. The summed E-state index contributed by atoms with van der Waals surface area (Å²) in [6, 6.07) is 20.0. The molecule has 7 atom stereocenters. The first-order valence-electron chi connectivity index (χ1n) is 17.0. The van der Waals surface area contributed by atoms with E-state index in [4.69, 9.17) is 4.74 Å². The fourth-order valence-corrected chi connectivity index (χ4v) is 10.5. The van der Waals surface area contributed by atoms with Crippen molar-refractivity contribution >= 4 is 51.6 Å². The number of carbonyl (C=O) groups excluding carboxylic acids is 3. The second-order valence-electron chi connectivity index (χ2n) is 13.5. The molecule has 0 aromatic heterocycles. The van der Waals surface area contributed by atoms with Crippen molar-refractivity contribution in [2.45, 2.75) is 55.7 Å². The first-order valence-corrected chi connectivity index (χ1v) is 17.8. The standard InChI is InChI=1S/C39H43N3O5S/c1-5-25(3)31(24-43)42-34-37(46)41(29-14-13-26-11-7-8-12-27(26)23-29)22-10-20-39(34)33(36(42)45)32-35(44)40(21-9-19-38(32,4)48-39)28-15-17-30(18-16-28)47-6-2/h7-20,23,25,31-34,43H,5-6,21-22,24H2,1-4H3/t25-,31-,32+,33-,34?,38-,39-/m0/s1. The maximum Gasteiger partial charge on any atom is 0.251 e. The van der Waals surface area contributed by atoms with Crippen molar-refractivity contribution in [3.8, 4) is 5.75 Å². The summed E-state index contributed by atoms with van der Waals surface area (Å²) in [5.74, 6) is -1.45. The molecule has 1 unspecified atom stereocenters. The molecule has 3 amide bonds. The van der Waals surface area contributed by atoms with Crippen LogP contribution in [0.3, 0.4) is 0 Å². The summed E-state index contributed by atoms with van der Waals surface area (Å²) >= 11 is 1.56. The van der Waals surface area contributed by atoms with E-state index in [-0.39, 0.29) is 30.2 Å². The molecule has 4 heterocycles. The van der Waals surface area contributed by atoms with Gasteiger partial charge in [0.1, 0.15) is 11.8 Å². The van der Waals surface area contributed by atoms with Crippen molar-refractivity contribution in [1.82, 2.24) is 4.90 Å². The SMILES string of the molecule is CCOc1ccc(N2CC=C[C@]3(C)S[C@]45C=CCN(c6ccc7ccccc7c6)C(=O)C4N([C@@H](CO)[C@@H](C)CC)C(=O)[C@@H]5[C@@H]3C2=O)cc1. The third kappa shape index (κ3) is 4.96. The third-order valence-electron chi connectivity index (χ3n) is 10.8. The van der Waals surface area contributed by atoms with Crippen LogP contribution in [-0.4, -0.2) is 75.6 Å². The van der Waals surface area contributed by atoms with Crippen molar-refractivity contribution in [3.05, 3.63) is 91.0 Å². The van der Waals surface area contributed by atoms with E-state index in [0.29, 0.717) is 19.7 Å². The van der Waals surface area contributed by atoms with Crippen LogP contribution >= 0.6 is 11.8 Å². The first kappa shape index (κ1) is 32.5. The lowest BCUT2D eigenvalue weighted by atomic mass is 9.74.